The lowest BCUT2D eigenvalue weighted by atomic mass is 9.96. The van der Waals surface area contributed by atoms with Gasteiger partial charge in [-0.05, 0) is 37.6 Å². The molecule has 0 saturated carbocycles. The molecular formula is C14H14N4. The van der Waals surface area contributed by atoms with Gasteiger partial charge in [0.25, 0.3) is 0 Å². The second-order valence-electron chi connectivity index (χ2n) is 4.46. The Kier molecular flexibility index (Phi) is 2.83. The van der Waals surface area contributed by atoms with E-state index >= 15 is 0 Å². The molecule has 2 aromatic rings. The number of piperidine rings is 1. The van der Waals surface area contributed by atoms with E-state index in [0.29, 0.717) is 0 Å². The number of para-hydroxylation sites is 1. The Balaban J connectivity index is 2.15. The summed E-state index contributed by atoms with van der Waals surface area (Å²) in [4.78, 5) is 0. The summed E-state index contributed by atoms with van der Waals surface area (Å²) in [6.07, 6.45) is 1.87. The second kappa shape index (κ2) is 4.63. The molecule has 1 aliphatic heterocycles. The molecule has 3 rings (SSSR count). The topological polar surface area (TPSA) is 64.5 Å². The van der Waals surface area contributed by atoms with Gasteiger partial charge in [0.2, 0.25) is 0 Å². The van der Waals surface area contributed by atoms with Crippen LogP contribution in [0, 0.1) is 11.3 Å². The van der Waals surface area contributed by atoms with Crippen molar-refractivity contribution in [1.82, 2.24) is 15.5 Å². The molecule has 1 aromatic heterocycles. The monoisotopic (exact) mass is 238 g/mol. The number of H-pyrrole nitrogens is 1. The molecule has 1 aromatic carbocycles. The van der Waals surface area contributed by atoms with Crippen molar-refractivity contribution < 1.29 is 0 Å². The fraction of sp³-hybridized carbons (Fsp3) is 0.286. The summed E-state index contributed by atoms with van der Waals surface area (Å²) in [6.45, 7) is 1.89. The summed E-state index contributed by atoms with van der Waals surface area (Å²) in [5, 5.41) is 21.1. The highest BCUT2D eigenvalue weighted by Crippen LogP contribution is 2.27. The number of fused-ring (bicyclic) bond motifs is 1. The highest BCUT2D eigenvalue weighted by molar-refractivity contribution is 5.94. The Morgan fingerprint density at radius 3 is 2.78 bits per heavy atom. The van der Waals surface area contributed by atoms with Gasteiger partial charge in [0.05, 0.1) is 11.1 Å². The molecule has 1 aliphatic rings. The molecule has 0 amide bonds. The highest BCUT2D eigenvalue weighted by Gasteiger charge is 2.16. The van der Waals surface area contributed by atoms with Gasteiger partial charge in [-0.3, -0.25) is 5.10 Å². The van der Waals surface area contributed by atoms with Gasteiger partial charge in [-0.1, -0.05) is 18.2 Å². The number of rotatable bonds is 1. The van der Waals surface area contributed by atoms with Crippen molar-refractivity contribution in [2.75, 3.05) is 13.1 Å². The lowest BCUT2D eigenvalue weighted by Crippen LogP contribution is -2.23. The summed E-state index contributed by atoms with van der Waals surface area (Å²) < 4.78 is 0. The van der Waals surface area contributed by atoms with E-state index in [-0.39, 0.29) is 0 Å². The molecule has 90 valence electrons. The van der Waals surface area contributed by atoms with Gasteiger partial charge < -0.3 is 5.32 Å². The number of nitrogens with zero attached hydrogens (tertiary/aromatic N) is 2. The van der Waals surface area contributed by atoms with Crippen LogP contribution in [-0.2, 0) is 0 Å². The van der Waals surface area contributed by atoms with Gasteiger partial charge in [-0.25, -0.2) is 0 Å². The number of aromatic nitrogens is 2. The Labute approximate surface area is 105 Å². The molecule has 1 saturated heterocycles. The average Bonchev–Trinajstić information content (AvgIpc) is 2.85. The predicted molar refractivity (Wildman–Crippen MR) is 70.7 cm³/mol. The van der Waals surface area contributed by atoms with Crippen LogP contribution in [0.4, 0.5) is 0 Å². The highest BCUT2D eigenvalue weighted by atomic mass is 15.1. The lowest BCUT2D eigenvalue weighted by molar-refractivity contribution is 0.612. The van der Waals surface area contributed by atoms with Gasteiger partial charge in [-0.15, -0.1) is 0 Å². The first kappa shape index (κ1) is 11.0. The first-order valence-electron chi connectivity index (χ1n) is 6.16. The van der Waals surface area contributed by atoms with E-state index in [9.17, 15) is 5.26 Å². The number of hydrogen-bond acceptors (Lipinski definition) is 3. The van der Waals surface area contributed by atoms with Crippen LogP contribution >= 0.6 is 0 Å². The molecule has 0 bridgehead atoms. The van der Waals surface area contributed by atoms with Crippen LogP contribution in [0.25, 0.3) is 16.5 Å². The average molecular weight is 238 g/mol. The molecule has 0 unspecified atom stereocenters. The number of aromatic amines is 1. The fourth-order valence-electron chi connectivity index (χ4n) is 2.43. The number of benzene rings is 1. The molecule has 4 nitrogen and oxygen atoms in total. The summed E-state index contributed by atoms with van der Waals surface area (Å²) >= 11 is 0. The molecule has 4 heteroatoms. The van der Waals surface area contributed by atoms with Crippen molar-refractivity contribution in [3.8, 4) is 6.07 Å². The number of allylic oxidation sites excluding steroid dienone is 1. The summed E-state index contributed by atoms with van der Waals surface area (Å²) in [7, 11) is 0. The summed E-state index contributed by atoms with van der Waals surface area (Å²) in [5.74, 6) is 0. The molecule has 0 atom stereocenters. The number of hydrogen-bond donors (Lipinski definition) is 2. The molecule has 0 aliphatic carbocycles. The third-order valence-electron chi connectivity index (χ3n) is 3.38. The molecule has 2 N–H and O–H groups in total. The minimum Gasteiger partial charge on any atom is -0.316 e. The maximum atomic E-state index is 9.43. The van der Waals surface area contributed by atoms with Gasteiger partial charge in [0.1, 0.15) is 11.8 Å². The Morgan fingerprint density at radius 1 is 1.22 bits per heavy atom. The van der Waals surface area contributed by atoms with Crippen LogP contribution in [0.3, 0.4) is 0 Å². The largest absolute Gasteiger partial charge is 0.316 e. The zero-order valence-corrected chi connectivity index (χ0v) is 10.0. The fourth-order valence-corrected chi connectivity index (χ4v) is 2.43. The smallest absolute Gasteiger partial charge is 0.110 e. The quantitative estimate of drug-likeness (QED) is 0.749. The van der Waals surface area contributed by atoms with E-state index in [1.165, 1.54) is 5.57 Å². The van der Waals surface area contributed by atoms with Crippen LogP contribution in [0.15, 0.2) is 29.8 Å². The lowest BCUT2D eigenvalue weighted by Gasteiger charge is -2.16. The SMILES string of the molecule is N#CC(=C1CCNCC1)c1n[nH]c2ccccc12. The number of nitriles is 1. The van der Waals surface area contributed by atoms with E-state index in [0.717, 1.165) is 48.1 Å². The first-order valence-corrected chi connectivity index (χ1v) is 6.16. The van der Waals surface area contributed by atoms with E-state index in [2.05, 4.69) is 21.6 Å². The van der Waals surface area contributed by atoms with Crippen molar-refractivity contribution in [3.63, 3.8) is 0 Å². The molecule has 2 heterocycles. The molecule has 18 heavy (non-hydrogen) atoms. The summed E-state index contributed by atoms with van der Waals surface area (Å²) in [6, 6.07) is 10.3. The van der Waals surface area contributed by atoms with E-state index in [1.54, 1.807) is 0 Å². The normalized spacial score (nSPS) is 15.6. The first-order chi connectivity index (χ1) is 8.90. The summed E-state index contributed by atoms with van der Waals surface area (Å²) in [5.41, 5.74) is 3.74. The number of nitrogens with one attached hydrogen (secondary N) is 2. The molecule has 0 spiro atoms. The standard InChI is InChI=1S/C14H14N4/c15-9-12(10-5-7-16-8-6-10)14-11-3-1-2-4-13(11)17-18-14/h1-4,16H,5-8H2,(H,17,18). The second-order valence-corrected chi connectivity index (χ2v) is 4.46. The van der Waals surface area contributed by atoms with E-state index < -0.39 is 0 Å². The van der Waals surface area contributed by atoms with Crippen molar-refractivity contribution in [1.29, 1.82) is 5.26 Å². The van der Waals surface area contributed by atoms with Crippen molar-refractivity contribution >= 4 is 16.5 Å². The van der Waals surface area contributed by atoms with Crippen LogP contribution in [0.5, 0.6) is 0 Å². The van der Waals surface area contributed by atoms with Crippen molar-refractivity contribution in [2.24, 2.45) is 0 Å². The predicted octanol–water partition coefficient (Wildman–Crippen LogP) is 2.22. The maximum absolute atomic E-state index is 9.43. The van der Waals surface area contributed by atoms with Gasteiger partial charge in [0.15, 0.2) is 0 Å². The van der Waals surface area contributed by atoms with Gasteiger partial charge >= 0.3 is 0 Å². The van der Waals surface area contributed by atoms with Crippen LogP contribution < -0.4 is 5.32 Å². The van der Waals surface area contributed by atoms with E-state index in [1.807, 2.05) is 24.3 Å². The third-order valence-corrected chi connectivity index (χ3v) is 3.38. The van der Waals surface area contributed by atoms with Crippen molar-refractivity contribution in [3.05, 3.63) is 35.5 Å². The van der Waals surface area contributed by atoms with Crippen LogP contribution in [0.2, 0.25) is 0 Å². The zero-order valence-electron chi connectivity index (χ0n) is 10.0. The Hall–Kier alpha value is -2.12. The molecular weight excluding hydrogens is 224 g/mol. The van der Waals surface area contributed by atoms with Crippen molar-refractivity contribution in [2.45, 2.75) is 12.8 Å². The van der Waals surface area contributed by atoms with Crippen LogP contribution in [-0.4, -0.2) is 23.3 Å². The van der Waals surface area contributed by atoms with E-state index in [4.69, 9.17) is 0 Å². The zero-order chi connectivity index (χ0) is 12.4. The minimum absolute atomic E-state index is 0.744. The molecule has 1 fully saturated rings. The third kappa shape index (κ3) is 1.79. The Bertz CT molecular complexity index is 637. The van der Waals surface area contributed by atoms with Gasteiger partial charge in [0, 0.05) is 5.39 Å². The molecule has 0 radical (unpaired) electrons. The maximum Gasteiger partial charge on any atom is 0.110 e. The van der Waals surface area contributed by atoms with Crippen LogP contribution in [0.1, 0.15) is 18.5 Å². The Morgan fingerprint density at radius 2 is 2.00 bits per heavy atom. The minimum atomic E-state index is 0.744. The van der Waals surface area contributed by atoms with Gasteiger partial charge in [-0.2, -0.15) is 10.4 Å².